The van der Waals surface area contributed by atoms with Crippen LogP contribution in [0.3, 0.4) is 0 Å². The van der Waals surface area contributed by atoms with Crippen molar-refractivity contribution in [1.29, 1.82) is 0 Å². The van der Waals surface area contributed by atoms with Gasteiger partial charge in [0.05, 0.1) is 6.54 Å². The summed E-state index contributed by atoms with van der Waals surface area (Å²) >= 11 is 6.51. The molecule has 4 N–H and O–H groups in total. The Labute approximate surface area is 116 Å². The zero-order valence-electron chi connectivity index (χ0n) is 9.98. The number of benzene rings is 1. The maximum absolute atomic E-state index is 5.37. The smallest absolute Gasteiger partial charge is 0.163 e. The molecule has 96 valence electrons. The van der Waals surface area contributed by atoms with Gasteiger partial charge in [-0.15, -0.1) is 0 Å². The van der Waals surface area contributed by atoms with Gasteiger partial charge in [-0.1, -0.05) is 23.9 Å². The Morgan fingerprint density at radius 3 is 2.78 bits per heavy atom. The highest BCUT2D eigenvalue weighted by Gasteiger charge is 2.06. The molecule has 0 aliphatic carbocycles. The van der Waals surface area contributed by atoms with Crippen molar-refractivity contribution < 1.29 is 0 Å². The first-order valence-electron chi connectivity index (χ1n) is 5.80. The van der Waals surface area contributed by atoms with Crippen LogP contribution in [0.15, 0.2) is 29.3 Å². The van der Waals surface area contributed by atoms with Crippen LogP contribution >= 0.6 is 24.0 Å². The van der Waals surface area contributed by atoms with Crippen molar-refractivity contribution in [3.05, 3.63) is 29.8 Å². The molecule has 6 heteroatoms. The predicted molar refractivity (Wildman–Crippen MR) is 83.3 cm³/mol. The summed E-state index contributed by atoms with van der Waals surface area (Å²) < 4.78 is 0. The summed E-state index contributed by atoms with van der Waals surface area (Å²) in [5.41, 5.74) is 7.70. The van der Waals surface area contributed by atoms with Crippen LogP contribution in [0.4, 0.5) is 5.69 Å². The van der Waals surface area contributed by atoms with E-state index in [0.717, 1.165) is 36.1 Å². The first-order valence-corrected chi connectivity index (χ1v) is 7.20. The lowest BCUT2D eigenvalue weighted by Crippen LogP contribution is -2.30. The van der Waals surface area contributed by atoms with Gasteiger partial charge in [0.2, 0.25) is 0 Å². The Hall–Kier alpha value is -1.27. The molecule has 0 spiro atoms. The molecule has 18 heavy (non-hydrogen) atoms. The topological polar surface area (TPSA) is 62.4 Å². The number of amidine groups is 1. The second-order valence-electron chi connectivity index (χ2n) is 3.90. The van der Waals surface area contributed by atoms with Gasteiger partial charge in [-0.2, -0.15) is 0 Å². The van der Waals surface area contributed by atoms with Gasteiger partial charge >= 0.3 is 0 Å². The number of nitrogens with one attached hydrogen (secondary N) is 2. The number of aliphatic imine (C=N–C) groups is 1. The van der Waals surface area contributed by atoms with Gasteiger partial charge < -0.3 is 16.4 Å². The van der Waals surface area contributed by atoms with E-state index in [-0.39, 0.29) is 0 Å². The highest BCUT2D eigenvalue weighted by Crippen LogP contribution is 2.16. The molecular formula is C12H16N4S2. The first kappa shape index (κ1) is 13.2. The molecule has 0 fully saturated rings. The standard InChI is InChI=1S/C12H16N4S2/c13-11(17)14-6-5-9-1-3-10(4-2-9)16-12-15-7-8-18-12/h1-4H,5-8H2,(H,15,16)(H3,13,14,17). The minimum atomic E-state index is 0.351. The van der Waals surface area contributed by atoms with Crippen LogP contribution in [-0.2, 0) is 6.42 Å². The van der Waals surface area contributed by atoms with Crippen molar-refractivity contribution in [1.82, 2.24) is 5.32 Å². The largest absolute Gasteiger partial charge is 0.376 e. The van der Waals surface area contributed by atoms with Crippen LogP contribution in [0.5, 0.6) is 0 Å². The fourth-order valence-corrected chi connectivity index (χ4v) is 2.47. The summed E-state index contributed by atoms with van der Waals surface area (Å²) in [6.07, 6.45) is 0.910. The van der Waals surface area contributed by atoms with Crippen LogP contribution in [0.25, 0.3) is 0 Å². The van der Waals surface area contributed by atoms with Crippen molar-refractivity contribution in [2.24, 2.45) is 10.7 Å². The van der Waals surface area contributed by atoms with Crippen LogP contribution in [0.2, 0.25) is 0 Å². The molecule has 4 nitrogen and oxygen atoms in total. The van der Waals surface area contributed by atoms with E-state index in [1.165, 1.54) is 5.56 Å². The molecule has 1 aliphatic rings. The Balaban J connectivity index is 1.83. The molecule has 1 aromatic carbocycles. The van der Waals surface area contributed by atoms with E-state index in [9.17, 15) is 0 Å². The molecule has 0 amide bonds. The van der Waals surface area contributed by atoms with Crippen molar-refractivity contribution >= 4 is 39.9 Å². The summed E-state index contributed by atoms with van der Waals surface area (Å²) in [6, 6.07) is 8.34. The fourth-order valence-electron chi connectivity index (χ4n) is 1.62. The average molecular weight is 280 g/mol. The lowest BCUT2D eigenvalue weighted by molar-refractivity contribution is 0.870. The third kappa shape index (κ3) is 4.19. The molecular weight excluding hydrogens is 264 g/mol. The van der Waals surface area contributed by atoms with Crippen molar-refractivity contribution in [3.63, 3.8) is 0 Å². The van der Waals surface area contributed by atoms with Crippen molar-refractivity contribution in [2.75, 3.05) is 24.2 Å². The normalized spacial score (nSPS) is 14.1. The number of hydrogen-bond acceptors (Lipinski definition) is 4. The zero-order valence-corrected chi connectivity index (χ0v) is 11.6. The van der Waals surface area contributed by atoms with E-state index in [1.54, 1.807) is 11.8 Å². The molecule has 0 atom stereocenters. The third-order valence-corrected chi connectivity index (χ3v) is 3.54. The van der Waals surface area contributed by atoms with Crippen LogP contribution in [-0.4, -0.2) is 29.1 Å². The molecule has 0 saturated heterocycles. The quantitative estimate of drug-likeness (QED) is 0.731. The molecule has 0 saturated carbocycles. The van der Waals surface area contributed by atoms with E-state index in [4.69, 9.17) is 18.0 Å². The van der Waals surface area contributed by atoms with Crippen molar-refractivity contribution in [3.8, 4) is 0 Å². The zero-order chi connectivity index (χ0) is 12.8. The molecule has 1 heterocycles. The van der Waals surface area contributed by atoms with Crippen molar-refractivity contribution in [2.45, 2.75) is 6.42 Å². The predicted octanol–water partition coefficient (Wildman–Crippen LogP) is 1.58. The van der Waals surface area contributed by atoms with E-state index in [0.29, 0.717) is 5.11 Å². The Bertz CT molecular complexity index is 442. The summed E-state index contributed by atoms with van der Waals surface area (Å²) in [4.78, 5) is 4.35. The second kappa shape index (κ2) is 6.61. The maximum atomic E-state index is 5.37. The fraction of sp³-hybridized carbons (Fsp3) is 0.333. The van der Waals surface area contributed by atoms with E-state index < -0.39 is 0 Å². The highest BCUT2D eigenvalue weighted by molar-refractivity contribution is 8.14. The molecule has 0 unspecified atom stereocenters. The van der Waals surface area contributed by atoms with E-state index in [2.05, 4.69) is 39.9 Å². The molecule has 0 bridgehead atoms. The minimum absolute atomic E-state index is 0.351. The summed E-state index contributed by atoms with van der Waals surface area (Å²) in [5.74, 6) is 1.07. The number of thiocarbonyl (C=S) groups is 1. The number of nitrogens with zero attached hydrogens (tertiary/aromatic N) is 1. The van der Waals surface area contributed by atoms with Gasteiger partial charge in [0.15, 0.2) is 10.3 Å². The van der Waals surface area contributed by atoms with E-state index >= 15 is 0 Å². The second-order valence-corrected chi connectivity index (χ2v) is 5.42. The summed E-state index contributed by atoms with van der Waals surface area (Å²) in [6.45, 7) is 1.68. The monoisotopic (exact) mass is 280 g/mol. The highest BCUT2D eigenvalue weighted by atomic mass is 32.2. The van der Waals surface area contributed by atoms with Gasteiger partial charge in [-0.25, -0.2) is 0 Å². The van der Waals surface area contributed by atoms with Crippen LogP contribution in [0, 0.1) is 0 Å². The van der Waals surface area contributed by atoms with Gasteiger partial charge in [0.25, 0.3) is 0 Å². The molecule has 1 aliphatic heterocycles. The molecule has 0 aromatic heterocycles. The Morgan fingerprint density at radius 1 is 1.39 bits per heavy atom. The number of nitrogens with two attached hydrogens (primary N) is 1. The lowest BCUT2D eigenvalue weighted by Gasteiger charge is -2.07. The number of rotatable bonds is 4. The SMILES string of the molecule is NC(=S)NCCc1ccc(NC2=NCCS2)cc1. The lowest BCUT2D eigenvalue weighted by atomic mass is 10.1. The molecule has 2 rings (SSSR count). The average Bonchev–Trinajstić information content (AvgIpc) is 2.84. The summed E-state index contributed by atoms with van der Waals surface area (Å²) in [7, 11) is 0. The Kier molecular flexibility index (Phi) is 4.83. The summed E-state index contributed by atoms with van der Waals surface area (Å²) in [5, 5.41) is 7.60. The first-order chi connectivity index (χ1) is 8.74. The van der Waals surface area contributed by atoms with Gasteiger partial charge in [0, 0.05) is 18.0 Å². The molecule has 0 radical (unpaired) electrons. The third-order valence-electron chi connectivity index (χ3n) is 2.50. The Morgan fingerprint density at radius 2 is 2.17 bits per heavy atom. The maximum Gasteiger partial charge on any atom is 0.163 e. The van der Waals surface area contributed by atoms with Crippen LogP contribution < -0.4 is 16.4 Å². The van der Waals surface area contributed by atoms with Gasteiger partial charge in [-0.3, -0.25) is 4.99 Å². The van der Waals surface area contributed by atoms with Gasteiger partial charge in [0.1, 0.15) is 0 Å². The van der Waals surface area contributed by atoms with Gasteiger partial charge in [-0.05, 0) is 36.3 Å². The minimum Gasteiger partial charge on any atom is -0.376 e. The van der Waals surface area contributed by atoms with Crippen LogP contribution in [0.1, 0.15) is 5.56 Å². The van der Waals surface area contributed by atoms with E-state index in [1.807, 2.05) is 0 Å². The number of anilines is 1. The molecule has 1 aromatic rings. The number of thioether (sulfide) groups is 1. The number of hydrogen-bond donors (Lipinski definition) is 3.